The molecule has 0 radical (unpaired) electrons. The van der Waals surface area contributed by atoms with Gasteiger partial charge in [-0.2, -0.15) is 0 Å². The van der Waals surface area contributed by atoms with Crippen LogP contribution in [0.5, 0.6) is 5.75 Å². The average molecular weight is 559 g/mol. The number of aliphatic hydroxyl groups excluding tert-OH is 1. The summed E-state index contributed by atoms with van der Waals surface area (Å²) in [6.45, 7) is 11.3. The van der Waals surface area contributed by atoms with Crippen LogP contribution in [0.3, 0.4) is 0 Å². The Hall–Kier alpha value is -4.24. The lowest BCUT2D eigenvalue weighted by molar-refractivity contribution is -0.132. The topological polar surface area (TPSA) is 106 Å². The van der Waals surface area contributed by atoms with E-state index in [1.807, 2.05) is 31.2 Å². The van der Waals surface area contributed by atoms with Crippen LogP contribution in [0.2, 0.25) is 0 Å². The lowest BCUT2D eigenvalue weighted by Gasteiger charge is -2.23. The van der Waals surface area contributed by atoms with Gasteiger partial charge in [0.15, 0.2) is 5.13 Å². The number of aryl methyl sites for hydroxylation is 1. The Labute approximate surface area is 236 Å². The summed E-state index contributed by atoms with van der Waals surface area (Å²) >= 11 is 0.966. The Kier molecular flexibility index (Phi) is 7.33. The lowest BCUT2D eigenvalue weighted by Crippen LogP contribution is -2.29. The molecule has 1 fully saturated rings. The minimum absolute atomic E-state index is 0.0120. The Morgan fingerprint density at radius 1 is 1.25 bits per heavy atom. The number of rotatable bonds is 7. The number of aromatic nitrogens is 1. The van der Waals surface area contributed by atoms with Crippen molar-refractivity contribution >= 4 is 39.9 Å². The van der Waals surface area contributed by atoms with Crippen molar-refractivity contribution in [2.45, 2.75) is 52.2 Å². The van der Waals surface area contributed by atoms with Crippen molar-refractivity contribution in [1.29, 1.82) is 0 Å². The van der Waals surface area contributed by atoms with Crippen molar-refractivity contribution in [3.63, 3.8) is 0 Å². The molecule has 8 nitrogen and oxygen atoms in total. The van der Waals surface area contributed by atoms with Crippen molar-refractivity contribution in [2.75, 3.05) is 11.5 Å². The maximum Gasteiger partial charge on any atom is 0.350 e. The number of ether oxygens (including phenoxy) is 2. The number of hydrogen-bond donors (Lipinski definition) is 1. The molecule has 1 aromatic heterocycles. The van der Waals surface area contributed by atoms with E-state index in [0.29, 0.717) is 23.2 Å². The molecule has 0 unspecified atom stereocenters. The van der Waals surface area contributed by atoms with Crippen LogP contribution in [-0.4, -0.2) is 40.5 Å². The molecule has 1 amide bonds. The van der Waals surface area contributed by atoms with Gasteiger partial charge in [0.25, 0.3) is 5.78 Å². The molecule has 3 heterocycles. The molecular formula is C31H30N2O6S. The van der Waals surface area contributed by atoms with Crippen molar-refractivity contribution in [2.24, 2.45) is 0 Å². The minimum atomic E-state index is -0.952. The first-order chi connectivity index (χ1) is 19.1. The molecule has 2 aliphatic rings. The highest BCUT2D eigenvalue weighted by atomic mass is 32.1. The quantitative estimate of drug-likeness (QED) is 0.127. The number of anilines is 1. The fourth-order valence-electron chi connectivity index (χ4n) is 5.01. The molecule has 1 saturated heterocycles. The summed E-state index contributed by atoms with van der Waals surface area (Å²) in [4.78, 5) is 45.7. The number of amides is 1. The Morgan fingerprint density at radius 2 is 1.98 bits per heavy atom. The molecule has 3 aromatic rings. The van der Waals surface area contributed by atoms with Crippen molar-refractivity contribution in [1.82, 2.24) is 4.98 Å². The highest BCUT2D eigenvalue weighted by Crippen LogP contribution is 2.44. The maximum absolute atomic E-state index is 13.6. The second-order valence-corrected chi connectivity index (χ2v) is 11.2. The van der Waals surface area contributed by atoms with Crippen LogP contribution >= 0.6 is 11.3 Å². The number of aliphatic hydroxyl groups is 1. The monoisotopic (exact) mass is 558 g/mol. The molecule has 5 rings (SSSR count). The predicted octanol–water partition coefficient (Wildman–Crippen LogP) is 5.87. The lowest BCUT2D eigenvalue weighted by atomic mass is 9.93. The highest BCUT2D eigenvalue weighted by molar-refractivity contribution is 7.17. The van der Waals surface area contributed by atoms with E-state index in [-0.39, 0.29) is 40.0 Å². The van der Waals surface area contributed by atoms with E-state index in [1.54, 1.807) is 25.1 Å². The summed E-state index contributed by atoms with van der Waals surface area (Å²) in [5, 5.41) is 11.7. The molecular weight excluding hydrogens is 528 g/mol. The first-order valence-electron chi connectivity index (χ1n) is 13.1. The van der Waals surface area contributed by atoms with E-state index in [9.17, 15) is 19.5 Å². The molecule has 2 aromatic carbocycles. The van der Waals surface area contributed by atoms with Crippen LogP contribution in [0.25, 0.3) is 5.76 Å². The van der Waals surface area contributed by atoms with Crippen LogP contribution in [0, 0.1) is 6.92 Å². The summed E-state index contributed by atoms with van der Waals surface area (Å²) in [5.41, 5.74) is 3.39. The number of carbonyl (C=O) groups is 3. The smallest absolute Gasteiger partial charge is 0.350 e. The van der Waals surface area contributed by atoms with Gasteiger partial charge < -0.3 is 14.6 Å². The molecule has 0 spiro atoms. The Morgan fingerprint density at radius 3 is 2.65 bits per heavy atom. The molecule has 0 aliphatic carbocycles. The summed E-state index contributed by atoms with van der Waals surface area (Å²) < 4.78 is 11.0. The number of ketones is 1. The van der Waals surface area contributed by atoms with Gasteiger partial charge in [-0.3, -0.25) is 14.5 Å². The van der Waals surface area contributed by atoms with Gasteiger partial charge in [-0.1, -0.05) is 62.1 Å². The van der Waals surface area contributed by atoms with Gasteiger partial charge in [-0.05, 0) is 54.7 Å². The maximum atomic E-state index is 13.6. The van der Waals surface area contributed by atoms with Crippen LogP contribution < -0.4 is 9.64 Å². The fraction of sp³-hybridized carbons (Fsp3) is 0.290. The standard InChI is InChI=1S/C31H30N2O6S/c1-6-13-38-30(37)28-18(5)32-31(40-28)33-25(20-9-7-19(8-10-20)16(2)3)24(27(35)29(33)36)26(34)21-11-12-23-22(15-21)14-17(4)39-23/h6-12,15-17,25,34H,1,13-14H2,2-5H3/b26-24+/t17-,25+/m0/s1. The van der Waals surface area contributed by atoms with Gasteiger partial charge in [-0.15, -0.1) is 0 Å². The number of benzene rings is 2. The van der Waals surface area contributed by atoms with Crippen molar-refractivity contribution in [3.8, 4) is 5.75 Å². The minimum Gasteiger partial charge on any atom is -0.507 e. The van der Waals surface area contributed by atoms with E-state index >= 15 is 0 Å². The summed E-state index contributed by atoms with van der Waals surface area (Å²) in [7, 11) is 0. The Bertz CT molecular complexity index is 1550. The van der Waals surface area contributed by atoms with Gasteiger partial charge in [0.2, 0.25) is 0 Å². The first-order valence-corrected chi connectivity index (χ1v) is 13.9. The van der Waals surface area contributed by atoms with Gasteiger partial charge in [-0.25, -0.2) is 9.78 Å². The normalized spacial score (nSPS) is 19.6. The Balaban J connectivity index is 1.65. The number of thiazole rings is 1. The zero-order valence-corrected chi connectivity index (χ0v) is 23.6. The van der Waals surface area contributed by atoms with E-state index in [4.69, 9.17) is 9.47 Å². The predicted molar refractivity (Wildman–Crippen MR) is 153 cm³/mol. The molecule has 206 valence electrons. The van der Waals surface area contributed by atoms with E-state index < -0.39 is 23.7 Å². The first kappa shape index (κ1) is 27.3. The number of esters is 1. The molecule has 9 heteroatoms. The van der Waals surface area contributed by atoms with Crippen LogP contribution in [0.4, 0.5) is 5.13 Å². The van der Waals surface area contributed by atoms with E-state index in [1.165, 1.54) is 11.0 Å². The van der Waals surface area contributed by atoms with Crippen LogP contribution in [0.15, 0.2) is 60.7 Å². The van der Waals surface area contributed by atoms with Gasteiger partial charge in [0, 0.05) is 12.0 Å². The zero-order valence-electron chi connectivity index (χ0n) is 22.8. The SMILES string of the molecule is C=CCOC(=O)c1sc(N2C(=O)C(=O)/C(=C(/O)c3ccc4c(c3)C[C@H](C)O4)[C@H]2c2ccc(C(C)C)cc2)nc1C. The molecule has 0 saturated carbocycles. The number of hydrogen-bond acceptors (Lipinski definition) is 8. The third kappa shape index (κ3) is 4.81. The number of carbonyl (C=O) groups excluding carboxylic acids is 3. The summed E-state index contributed by atoms with van der Waals surface area (Å²) in [6, 6.07) is 11.9. The number of Topliss-reactive ketones (excluding diaryl/α,β-unsaturated/α-hetero) is 1. The highest BCUT2D eigenvalue weighted by Gasteiger charge is 2.48. The van der Waals surface area contributed by atoms with Crippen molar-refractivity contribution in [3.05, 3.63) is 93.5 Å². The number of nitrogens with zero attached hydrogens (tertiary/aromatic N) is 2. The van der Waals surface area contributed by atoms with Gasteiger partial charge in [0.05, 0.1) is 17.3 Å². The molecule has 2 atom stereocenters. The molecule has 40 heavy (non-hydrogen) atoms. The fourth-order valence-corrected chi connectivity index (χ4v) is 6.00. The molecule has 1 N–H and O–H groups in total. The number of fused-ring (bicyclic) bond motifs is 1. The third-order valence-electron chi connectivity index (χ3n) is 7.04. The second kappa shape index (κ2) is 10.7. The average Bonchev–Trinajstić information content (AvgIpc) is 3.58. The van der Waals surface area contributed by atoms with E-state index in [2.05, 4.69) is 25.4 Å². The largest absolute Gasteiger partial charge is 0.507 e. The van der Waals surface area contributed by atoms with E-state index in [0.717, 1.165) is 28.2 Å². The summed E-state index contributed by atoms with van der Waals surface area (Å²) in [5.74, 6) is -1.52. The van der Waals surface area contributed by atoms with Crippen LogP contribution in [0.1, 0.15) is 70.4 Å². The zero-order chi connectivity index (χ0) is 28.7. The van der Waals surface area contributed by atoms with Gasteiger partial charge >= 0.3 is 11.9 Å². The second-order valence-electron chi connectivity index (χ2n) is 10.2. The van der Waals surface area contributed by atoms with Crippen LogP contribution in [-0.2, 0) is 20.7 Å². The molecule has 2 aliphatic heterocycles. The summed E-state index contributed by atoms with van der Waals surface area (Å²) in [6.07, 6.45) is 2.15. The van der Waals surface area contributed by atoms with Crippen molar-refractivity contribution < 1.29 is 29.0 Å². The third-order valence-corrected chi connectivity index (χ3v) is 8.18. The molecule has 0 bridgehead atoms. The van der Waals surface area contributed by atoms with Gasteiger partial charge in [0.1, 0.15) is 29.1 Å².